The van der Waals surface area contributed by atoms with E-state index in [4.69, 9.17) is 4.74 Å². The molecular formula is C13H15FO2. The predicted molar refractivity (Wildman–Crippen MR) is 61.4 cm³/mol. The Labute approximate surface area is 94.7 Å². The Morgan fingerprint density at radius 3 is 2.81 bits per heavy atom. The predicted octanol–water partition coefficient (Wildman–Crippen LogP) is 3.10. The molecule has 0 radical (unpaired) electrons. The summed E-state index contributed by atoms with van der Waals surface area (Å²) in [5, 5.41) is 0. The van der Waals surface area contributed by atoms with Gasteiger partial charge >= 0.3 is 5.97 Å². The van der Waals surface area contributed by atoms with Crippen molar-refractivity contribution in [2.75, 3.05) is 6.61 Å². The maximum absolute atomic E-state index is 13.0. The standard InChI is InChI=1S/C13H15FO2/c1-4-16-13(15)10(3)7-11-8-12(14)6-5-9(11)2/h5-8H,4H2,1-3H3/b10-7+. The highest BCUT2D eigenvalue weighted by molar-refractivity contribution is 5.93. The number of benzene rings is 1. The van der Waals surface area contributed by atoms with Gasteiger partial charge in [0.1, 0.15) is 5.82 Å². The first-order valence-electron chi connectivity index (χ1n) is 5.16. The molecule has 0 spiro atoms. The lowest BCUT2D eigenvalue weighted by atomic mass is 10.1. The van der Waals surface area contributed by atoms with Gasteiger partial charge in [-0.1, -0.05) is 6.07 Å². The van der Waals surface area contributed by atoms with Gasteiger partial charge in [0.15, 0.2) is 0 Å². The average Bonchev–Trinajstić information content (AvgIpc) is 2.23. The number of carbonyl (C=O) groups excluding carboxylic acids is 1. The van der Waals surface area contributed by atoms with Gasteiger partial charge in [-0.05, 0) is 50.1 Å². The number of esters is 1. The number of carbonyl (C=O) groups is 1. The van der Waals surface area contributed by atoms with E-state index >= 15 is 0 Å². The van der Waals surface area contributed by atoms with Gasteiger partial charge in [-0.2, -0.15) is 0 Å². The van der Waals surface area contributed by atoms with Gasteiger partial charge in [0.25, 0.3) is 0 Å². The molecule has 0 saturated heterocycles. The molecule has 1 rings (SSSR count). The van der Waals surface area contributed by atoms with E-state index in [9.17, 15) is 9.18 Å². The molecule has 0 saturated carbocycles. The molecule has 0 unspecified atom stereocenters. The zero-order chi connectivity index (χ0) is 12.1. The maximum atomic E-state index is 13.0. The van der Waals surface area contributed by atoms with Crippen LogP contribution in [0.15, 0.2) is 23.8 Å². The fourth-order valence-electron chi connectivity index (χ4n) is 1.30. The molecule has 0 amide bonds. The van der Waals surface area contributed by atoms with E-state index in [0.717, 1.165) is 5.56 Å². The third-order valence-electron chi connectivity index (χ3n) is 2.21. The molecule has 2 nitrogen and oxygen atoms in total. The van der Waals surface area contributed by atoms with Gasteiger partial charge in [0, 0.05) is 5.57 Å². The van der Waals surface area contributed by atoms with E-state index in [1.165, 1.54) is 12.1 Å². The first kappa shape index (κ1) is 12.4. The molecule has 0 aliphatic carbocycles. The summed E-state index contributed by atoms with van der Waals surface area (Å²) < 4.78 is 17.8. The Morgan fingerprint density at radius 2 is 2.19 bits per heavy atom. The number of ether oxygens (including phenoxy) is 1. The molecule has 1 aromatic rings. The number of hydrogen-bond donors (Lipinski definition) is 0. The summed E-state index contributed by atoms with van der Waals surface area (Å²) in [4.78, 5) is 11.4. The largest absolute Gasteiger partial charge is 0.463 e. The molecule has 0 bridgehead atoms. The molecule has 0 aliphatic heterocycles. The van der Waals surface area contributed by atoms with Crippen molar-refractivity contribution >= 4 is 12.0 Å². The topological polar surface area (TPSA) is 26.3 Å². The third-order valence-corrected chi connectivity index (χ3v) is 2.21. The van der Waals surface area contributed by atoms with Crippen molar-refractivity contribution in [3.05, 3.63) is 40.7 Å². The van der Waals surface area contributed by atoms with E-state index in [0.29, 0.717) is 17.7 Å². The lowest BCUT2D eigenvalue weighted by Crippen LogP contribution is -2.05. The minimum absolute atomic E-state index is 0.312. The molecule has 0 aromatic heterocycles. The quantitative estimate of drug-likeness (QED) is 0.580. The van der Waals surface area contributed by atoms with Crippen LogP contribution in [0.2, 0.25) is 0 Å². The minimum Gasteiger partial charge on any atom is -0.463 e. The molecule has 0 fully saturated rings. The monoisotopic (exact) mass is 222 g/mol. The summed E-state index contributed by atoms with van der Waals surface area (Å²) in [6.45, 7) is 5.61. The Morgan fingerprint density at radius 1 is 1.50 bits per heavy atom. The van der Waals surface area contributed by atoms with Gasteiger partial charge in [-0.3, -0.25) is 0 Å². The molecule has 0 aliphatic rings. The van der Waals surface area contributed by atoms with E-state index < -0.39 is 0 Å². The second-order valence-corrected chi connectivity index (χ2v) is 3.55. The highest BCUT2D eigenvalue weighted by atomic mass is 19.1. The molecule has 16 heavy (non-hydrogen) atoms. The van der Waals surface area contributed by atoms with Gasteiger partial charge in [0.05, 0.1) is 6.61 Å². The summed E-state index contributed by atoms with van der Waals surface area (Å²) in [5.41, 5.74) is 2.09. The Kier molecular flexibility index (Phi) is 4.23. The fraction of sp³-hybridized carbons (Fsp3) is 0.308. The Balaban J connectivity index is 2.97. The minimum atomic E-state index is -0.369. The molecular weight excluding hydrogens is 207 g/mol. The first-order chi connectivity index (χ1) is 7.54. The second-order valence-electron chi connectivity index (χ2n) is 3.55. The van der Waals surface area contributed by atoms with Crippen LogP contribution < -0.4 is 0 Å². The first-order valence-corrected chi connectivity index (χ1v) is 5.16. The summed E-state index contributed by atoms with van der Waals surface area (Å²) in [7, 11) is 0. The fourth-order valence-corrected chi connectivity index (χ4v) is 1.30. The summed E-state index contributed by atoms with van der Waals surface area (Å²) in [5.74, 6) is -0.681. The summed E-state index contributed by atoms with van der Waals surface area (Å²) in [6, 6.07) is 4.48. The van der Waals surface area contributed by atoms with Crippen LogP contribution in [0.1, 0.15) is 25.0 Å². The van der Waals surface area contributed by atoms with Crippen molar-refractivity contribution in [2.24, 2.45) is 0 Å². The van der Waals surface area contributed by atoms with Crippen LogP contribution in [0.3, 0.4) is 0 Å². The van der Waals surface area contributed by atoms with Crippen molar-refractivity contribution in [2.45, 2.75) is 20.8 Å². The van der Waals surface area contributed by atoms with Crippen molar-refractivity contribution in [1.29, 1.82) is 0 Å². The van der Waals surface area contributed by atoms with E-state index in [2.05, 4.69) is 0 Å². The van der Waals surface area contributed by atoms with Crippen molar-refractivity contribution in [3.63, 3.8) is 0 Å². The highest BCUT2D eigenvalue weighted by Gasteiger charge is 2.05. The number of halogens is 1. The zero-order valence-electron chi connectivity index (χ0n) is 9.71. The molecule has 3 heteroatoms. The molecule has 0 N–H and O–H groups in total. The number of hydrogen-bond acceptors (Lipinski definition) is 2. The molecule has 0 atom stereocenters. The lowest BCUT2D eigenvalue weighted by molar-refractivity contribution is -0.138. The normalized spacial score (nSPS) is 11.4. The van der Waals surface area contributed by atoms with Gasteiger partial charge in [-0.25, -0.2) is 9.18 Å². The summed E-state index contributed by atoms with van der Waals surface area (Å²) in [6.07, 6.45) is 1.64. The van der Waals surface area contributed by atoms with Gasteiger partial charge in [0.2, 0.25) is 0 Å². The zero-order valence-corrected chi connectivity index (χ0v) is 9.71. The van der Waals surface area contributed by atoms with Crippen LogP contribution in [0.5, 0.6) is 0 Å². The molecule has 0 heterocycles. The second kappa shape index (κ2) is 5.45. The van der Waals surface area contributed by atoms with Gasteiger partial charge < -0.3 is 4.74 Å². The van der Waals surface area contributed by atoms with Crippen LogP contribution in [-0.4, -0.2) is 12.6 Å². The van der Waals surface area contributed by atoms with Crippen LogP contribution in [-0.2, 0) is 9.53 Å². The Bertz CT molecular complexity index is 422. The SMILES string of the molecule is CCOC(=O)/C(C)=C/c1cc(F)ccc1C. The number of rotatable bonds is 3. The van der Waals surface area contributed by atoms with Crippen LogP contribution >= 0.6 is 0 Å². The highest BCUT2D eigenvalue weighted by Crippen LogP contribution is 2.14. The van der Waals surface area contributed by atoms with Gasteiger partial charge in [-0.15, -0.1) is 0 Å². The molecule has 86 valence electrons. The maximum Gasteiger partial charge on any atom is 0.333 e. The van der Waals surface area contributed by atoms with Crippen LogP contribution in [0, 0.1) is 12.7 Å². The molecule has 1 aromatic carbocycles. The van der Waals surface area contributed by atoms with E-state index in [-0.39, 0.29) is 11.8 Å². The Hall–Kier alpha value is -1.64. The van der Waals surface area contributed by atoms with Crippen LogP contribution in [0.25, 0.3) is 6.08 Å². The van der Waals surface area contributed by atoms with E-state index in [1.807, 2.05) is 6.92 Å². The summed E-state index contributed by atoms with van der Waals surface area (Å²) >= 11 is 0. The van der Waals surface area contributed by atoms with Crippen LogP contribution in [0.4, 0.5) is 4.39 Å². The smallest absolute Gasteiger partial charge is 0.333 e. The van der Waals surface area contributed by atoms with E-state index in [1.54, 1.807) is 26.0 Å². The van der Waals surface area contributed by atoms with Crippen molar-refractivity contribution in [1.82, 2.24) is 0 Å². The van der Waals surface area contributed by atoms with Crippen molar-refractivity contribution in [3.8, 4) is 0 Å². The van der Waals surface area contributed by atoms with Crippen molar-refractivity contribution < 1.29 is 13.9 Å². The number of aryl methyl sites for hydroxylation is 1. The lowest BCUT2D eigenvalue weighted by Gasteiger charge is -2.04. The average molecular weight is 222 g/mol. The third kappa shape index (κ3) is 3.19.